The molecule has 28 heavy (non-hydrogen) atoms. The van der Waals surface area contributed by atoms with Crippen LogP contribution in [0.15, 0.2) is 76.3 Å². The monoisotopic (exact) mass is 416 g/mol. The first-order valence-electron chi connectivity index (χ1n) is 8.14. The van der Waals surface area contributed by atoms with Crippen LogP contribution in [0.3, 0.4) is 0 Å². The largest absolute Gasteiger partial charge is 0.426 e. The van der Waals surface area contributed by atoms with Gasteiger partial charge in [-0.3, -0.25) is 9.59 Å². The lowest BCUT2D eigenvalue weighted by atomic mass is 10.2. The Kier molecular flexibility index (Phi) is 6.19. The van der Waals surface area contributed by atoms with Crippen LogP contribution in [-0.2, 0) is 14.8 Å². The van der Waals surface area contributed by atoms with Crippen LogP contribution >= 0.6 is 11.3 Å². The topological polar surface area (TPSA) is 102 Å². The van der Waals surface area contributed by atoms with Gasteiger partial charge in [0.15, 0.2) is 0 Å². The molecule has 1 aromatic heterocycles. The second-order valence-corrected chi connectivity index (χ2v) is 8.52. The summed E-state index contributed by atoms with van der Waals surface area (Å²) >= 11 is 1.05. The van der Waals surface area contributed by atoms with Crippen molar-refractivity contribution < 1.29 is 22.7 Å². The molecule has 2 aromatic carbocycles. The molecule has 0 saturated carbocycles. The smallest absolute Gasteiger partial charge is 0.326 e. The van der Waals surface area contributed by atoms with E-state index in [1.807, 2.05) is 6.07 Å². The van der Waals surface area contributed by atoms with Gasteiger partial charge in [0.1, 0.15) is 16.5 Å². The van der Waals surface area contributed by atoms with Gasteiger partial charge in [0.05, 0.1) is 0 Å². The molecule has 2 N–H and O–H groups in total. The molecule has 1 amide bonds. The minimum Gasteiger partial charge on any atom is -0.426 e. The number of ether oxygens (including phenoxy) is 1. The maximum atomic E-state index is 12.1. The number of anilines is 1. The fraction of sp³-hybridized carbons (Fsp3) is 0.0526. The zero-order valence-electron chi connectivity index (χ0n) is 14.5. The number of carbonyl (C=O) groups excluding carboxylic acids is 2. The highest BCUT2D eigenvalue weighted by Crippen LogP contribution is 2.17. The molecule has 0 aliphatic rings. The van der Waals surface area contributed by atoms with E-state index in [4.69, 9.17) is 4.74 Å². The van der Waals surface area contributed by atoms with Crippen LogP contribution in [0.1, 0.15) is 10.4 Å². The van der Waals surface area contributed by atoms with Gasteiger partial charge in [-0.25, -0.2) is 8.42 Å². The number of carbonyl (C=O) groups is 2. The number of sulfonamides is 1. The highest BCUT2D eigenvalue weighted by atomic mass is 32.2. The van der Waals surface area contributed by atoms with Crippen molar-refractivity contribution in [2.75, 3.05) is 11.9 Å². The molecule has 9 heteroatoms. The number of nitrogens with one attached hydrogen (secondary N) is 2. The molecule has 0 aliphatic heterocycles. The highest BCUT2D eigenvalue weighted by molar-refractivity contribution is 7.91. The quantitative estimate of drug-likeness (QED) is 0.456. The molecular formula is C19H16N2O5S2. The summed E-state index contributed by atoms with van der Waals surface area (Å²) in [5.74, 6) is -0.771. The predicted molar refractivity (Wildman–Crippen MR) is 106 cm³/mol. The minimum absolute atomic E-state index is 0.124. The summed E-state index contributed by atoms with van der Waals surface area (Å²) in [6.45, 7) is -0.493. The van der Waals surface area contributed by atoms with Crippen molar-refractivity contribution in [3.63, 3.8) is 0 Å². The molecule has 0 saturated heterocycles. The maximum Gasteiger partial charge on any atom is 0.326 e. The standard InChI is InChI=1S/C19H16N2O5S2/c22-17(13-20-28(24,25)18-7-4-12-27-18)26-16-10-8-15(9-11-16)21-19(23)14-5-2-1-3-6-14/h1-12,20H,13H2,(H,21,23). The Balaban J connectivity index is 1.52. The first-order chi connectivity index (χ1) is 13.4. The molecular weight excluding hydrogens is 400 g/mol. The third-order valence-corrected chi connectivity index (χ3v) is 6.35. The normalized spacial score (nSPS) is 11.0. The van der Waals surface area contributed by atoms with E-state index in [0.717, 1.165) is 11.3 Å². The highest BCUT2D eigenvalue weighted by Gasteiger charge is 2.17. The Bertz CT molecular complexity index is 1050. The fourth-order valence-electron chi connectivity index (χ4n) is 2.21. The molecule has 3 aromatic rings. The van der Waals surface area contributed by atoms with E-state index in [0.29, 0.717) is 11.3 Å². The van der Waals surface area contributed by atoms with Gasteiger partial charge in [-0.2, -0.15) is 4.72 Å². The Morgan fingerprint density at radius 3 is 2.29 bits per heavy atom. The lowest BCUT2D eigenvalue weighted by Crippen LogP contribution is -2.31. The van der Waals surface area contributed by atoms with Crippen molar-refractivity contribution in [3.05, 3.63) is 77.7 Å². The second-order valence-electron chi connectivity index (χ2n) is 5.58. The molecule has 0 atom stereocenters. The number of hydrogen-bond acceptors (Lipinski definition) is 6. The summed E-state index contributed by atoms with van der Waals surface area (Å²) in [5.41, 5.74) is 1.06. The van der Waals surface area contributed by atoms with Crippen molar-refractivity contribution in [2.24, 2.45) is 0 Å². The molecule has 0 aliphatic carbocycles. The molecule has 0 radical (unpaired) electrons. The summed E-state index contributed by atoms with van der Waals surface area (Å²) in [5, 5.41) is 4.36. The Morgan fingerprint density at radius 1 is 0.929 bits per heavy atom. The van der Waals surface area contributed by atoms with Crippen LogP contribution in [0.25, 0.3) is 0 Å². The van der Waals surface area contributed by atoms with Crippen molar-refractivity contribution in [3.8, 4) is 5.75 Å². The maximum absolute atomic E-state index is 12.1. The molecule has 1 heterocycles. The molecule has 3 rings (SSSR count). The molecule has 0 spiro atoms. The van der Waals surface area contributed by atoms with Crippen molar-refractivity contribution in [1.82, 2.24) is 4.72 Å². The Labute approximate surface area is 166 Å². The summed E-state index contributed by atoms with van der Waals surface area (Å²) in [7, 11) is -3.73. The lowest BCUT2D eigenvalue weighted by molar-refractivity contribution is -0.133. The zero-order chi connectivity index (χ0) is 20.0. The average molecular weight is 416 g/mol. The van der Waals surface area contributed by atoms with E-state index in [1.54, 1.807) is 47.8 Å². The predicted octanol–water partition coefficient (Wildman–Crippen LogP) is 2.88. The van der Waals surface area contributed by atoms with Crippen LogP contribution in [0.2, 0.25) is 0 Å². The van der Waals surface area contributed by atoms with Gasteiger partial charge in [-0.15, -0.1) is 11.3 Å². The van der Waals surface area contributed by atoms with E-state index in [9.17, 15) is 18.0 Å². The summed E-state index contributed by atoms with van der Waals surface area (Å²) in [6.07, 6.45) is 0. The van der Waals surface area contributed by atoms with Gasteiger partial charge in [0.25, 0.3) is 15.9 Å². The summed E-state index contributed by atoms with van der Waals surface area (Å²) in [6, 6.07) is 18.0. The third-order valence-electron chi connectivity index (χ3n) is 3.55. The van der Waals surface area contributed by atoms with E-state index in [2.05, 4.69) is 10.0 Å². The molecule has 144 valence electrons. The van der Waals surface area contributed by atoms with E-state index < -0.39 is 22.5 Å². The summed E-state index contributed by atoms with van der Waals surface area (Å²) < 4.78 is 31.3. The van der Waals surface area contributed by atoms with Crippen LogP contribution < -0.4 is 14.8 Å². The van der Waals surface area contributed by atoms with Crippen LogP contribution in [0.4, 0.5) is 5.69 Å². The van der Waals surface area contributed by atoms with Gasteiger partial charge >= 0.3 is 5.97 Å². The van der Waals surface area contributed by atoms with E-state index >= 15 is 0 Å². The van der Waals surface area contributed by atoms with E-state index in [1.165, 1.54) is 18.2 Å². The Hall–Kier alpha value is -3.01. The first kappa shape index (κ1) is 19.7. The van der Waals surface area contributed by atoms with Crippen LogP contribution in [0, 0.1) is 0 Å². The van der Waals surface area contributed by atoms with Crippen molar-refractivity contribution in [2.45, 2.75) is 4.21 Å². The number of thiophene rings is 1. The molecule has 0 unspecified atom stereocenters. The van der Waals surface area contributed by atoms with Crippen molar-refractivity contribution >= 4 is 38.9 Å². The van der Waals surface area contributed by atoms with Gasteiger partial charge in [0, 0.05) is 11.3 Å². The zero-order valence-corrected chi connectivity index (χ0v) is 16.1. The number of amides is 1. The fourth-order valence-corrected chi connectivity index (χ4v) is 4.21. The van der Waals surface area contributed by atoms with Gasteiger partial charge in [-0.05, 0) is 47.8 Å². The summed E-state index contributed by atoms with van der Waals surface area (Å²) in [4.78, 5) is 24.0. The van der Waals surface area contributed by atoms with Crippen molar-refractivity contribution in [1.29, 1.82) is 0 Å². The average Bonchev–Trinajstić information content (AvgIpc) is 3.25. The van der Waals surface area contributed by atoms with E-state index in [-0.39, 0.29) is 15.9 Å². The minimum atomic E-state index is -3.73. The first-order valence-corrected chi connectivity index (χ1v) is 10.5. The SMILES string of the molecule is O=C(CNS(=O)(=O)c1cccs1)Oc1ccc(NC(=O)c2ccccc2)cc1. The third kappa shape index (κ3) is 5.26. The van der Waals surface area contributed by atoms with Gasteiger partial charge in [-0.1, -0.05) is 24.3 Å². The van der Waals surface area contributed by atoms with Crippen LogP contribution in [0.5, 0.6) is 5.75 Å². The number of hydrogen-bond donors (Lipinski definition) is 2. The van der Waals surface area contributed by atoms with Crippen LogP contribution in [-0.4, -0.2) is 26.8 Å². The lowest BCUT2D eigenvalue weighted by Gasteiger charge is -2.08. The molecule has 0 bridgehead atoms. The number of esters is 1. The number of benzene rings is 2. The Morgan fingerprint density at radius 2 is 1.64 bits per heavy atom. The van der Waals surface area contributed by atoms with Gasteiger partial charge < -0.3 is 10.1 Å². The molecule has 7 nitrogen and oxygen atoms in total. The second kappa shape index (κ2) is 8.79. The number of rotatable bonds is 7. The van der Waals surface area contributed by atoms with Gasteiger partial charge in [0.2, 0.25) is 0 Å². The molecule has 0 fully saturated rings.